The molecule has 9 heteroatoms. The second kappa shape index (κ2) is 7.48. The molecule has 1 aromatic heterocycles. The fourth-order valence-corrected chi connectivity index (χ4v) is 4.73. The smallest absolute Gasteiger partial charge is 0.272 e. The summed E-state index contributed by atoms with van der Waals surface area (Å²) in [5, 5.41) is 2.52. The lowest BCUT2D eigenvalue weighted by Gasteiger charge is -2.17. The molecule has 1 aliphatic rings. The van der Waals surface area contributed by atoms with Gasteiger partial charge in [-0.15, -0.1) is 0 Å². The number of fused-ring (bicyclic) bond motifs is 1. The van der Waals surface area contributed by atoms with E-state index in [2.05, 4.69) is 10.0 Å². The van der Waals surface area contributed by atoms with Gasteiger partial charge in [0.25, 0.3) is 5.91 Å². The maximum absolute atomic E-state index is 13.4. The highest BCUT2D eigenvalue weighted by Gasteiger charge is 2.28. The minimum Gasteiger partial charge on any atom is -0.345 e. The molecule has 3 N–H and O–H groups in total. The molecule has 1 unspecified atom stereocenters. The van der Waals surface area contributed by atoms with Crippen LogP contribution in [0.3, 0.4) is 0 Å². The summed E-state index contributed by atoms with van der Waals surface area (Å²) in [6.45, 7) is 4.06. The minimum atomic E-state index is -3.32. The monoisotopic (exact) mass is 408 g/mol. The fraction of sp³-hybridized carbons (Fsp3) is 0.316. The van der Waals surface area contributed by atoms with E-state index < -0.39 is 27.5 Å². The van der Waals surface area contributed by atoms with Crippen molar-refractivity contribution in [2.75, 3.05) is 5.32 Å². The Hall–Kier alpha value is -2.52. The molecule has 2 atom stereocenters. The average Bonchev–Trinajstić information content (AvgIpc) is 2.87. The van der Waals surface area contributed by atoms with Crippen LogP contribution < -0.4 is 10.0 Å². The zero-order valence-corrected chi connectivity index (χ0v) is 16.6. The maximum Gasteiger partial charge on any atom is 0.272 e. The standard InChI is InChI=1S/C19H22F2N4O2S/c1-11(2)8-13-4-6-14-17(28(22,27)24-13)10-25(3)18(14)19(26)23-12-5-7-15(20)16(21)9-12/h4-7,9-11,13H,8H2,1-3H3,(H,23,26)(H2,22,24,27)/t13-,28?/m0/s1. The normalized spacial score (nSPS) is 21.4. The number of carbonyl (C=O) groups is 1. The minimum absolute atomic E-state index is 0.0962. The summed E-state index contributed by atoms with van der Waals surface area (Å²) in [7, 11) is -1.72. The molecule has 150 valence electrons. The summed E-state index contributed by atoms with van der Waals surface area (Å²) in [4.78, 5) is 13.0. The summed E-state index contributed by atoms with van der Waals surface area (Å²) in [5.41, 5.74) is 0.656. The van der Waals surface area contributed by atoms with Gasteiger partial charge in [-0.3, -0.25) is 4.79 Å². The van der Waals surface area contributed by atoms with Crippen molar-refractivity contribution in [2.45, 2.75) is 31.2 Å². The first-order valence-corrected chi connectivity index (χ1v) is 10.3. The van der Waals surface area contributed by atoms with Gasteiger partial charge in [0.1, 0.15) is 15.6 Å². The van der Waals surface area contributed by atoms with Crippen LogP contribution in [0.4, 0.5) is 14.5 Å². The molecule has 0 bridgehead atoms. The molecule has 2 heterocycles. The van der Waals surface area contributed by atoms with Crippen LogP contribution in [0.5, 0.6) is 0 Å². The van der Waals surface area contributed by atoms with Gasteiger partial charge in [-0.1, -0.05) is 26.0 Å². The highest BCUT2D eigenvalue weighted by Crippen LogP contribution is 2.28. The molecule has 0 spiro atoms. The number of nitrogens with zero attached hydrogens (tertiary/aromatic N) is 1. The molecule has 1 amide bonds. The maximum atomic E-state index is 13.4. The lowest BCUT2D eigenvalue weighted by Crippen LogP contribution is -2.32. The molecule has 0 saturated carbocycles. The molecule has 1 aliphatic heterocycles. The third kappa shape index (κ3) is 4.00. The van der Waals surface area contributed by atoms with Crippen molar-refractivity contribution in [3.05, 3.63) is 53.4 Å². The number of anilines is 1. The number of amides is 1. The highest BCUT2D eigenvalue weighted by atomic mass is 32.2. The molecule has 0 fully saturated rings. The summed E-state index contributed by atoms with van der Waals surface area (Å²) in [6, 6.07) is 2.80. The van der Waals surface area contributed by atoms with E-state index >= 15 is 0 Å². The van der Waals surface area contributed by atoms with Crippen LogP contribution in [0, 0.1) is 22.3 Å². The second-order valence-corrected chi connectivity index (χ2v) is 9.01. The van der Waals surface area contributed by atoms with Crippen LogP contribution in [-0.2, 0) is 17.0 Å². The molecule has 0 radical (unpaired) electrons. The largest absolute Gasteiger partial charge is 0.345 e. The Balaban J connectivity index is 1.99. The molecule has 0 saturated heterocycles. The van der Waals surface area contributed by atoms with E-state index in [1.165, 1.54) is 16.8 Å². The number of benzene rings is 1. The molecule has 3 rings (SSSR count). The van der Waals surface area contributed by atoms with Crippen molar-refractivity contribution in [1.82, 2.24) is 9.29 Å². The molecule has 1 aromatic carbocycles. The van der Waals surface area contributed by atoms with Gasteiger partial charge in [-0.05, 0) is 24.5 Å². The van der Waals surface area contributed by atoms with Gasteiger partial charge in [-0.2, -0.15) is 0 Å². The lowest BCUT2D eigenvalue weighted by molar-refractivity contribution is 0.101. The Morgan fingerprint density at radius 1 is 1.36 bits per heavy atom. The third-order valence-electron chi connectivity index (χ3n) is 4.42. The molecule has 6 nitrogen and oxygen atoms in total. The molecule has 2 aromatic rings. The van der Waals surface area contributed by atoms with Gasteiger partial charge in [0.05, 0.1) is 4.90 Å². The number of carbonyl (C=O) groups excluding carboxylic acids is 1. The summed E-state index contributed by atoms with van der Waals surface area (Å²) in [5.74, 6) is -2.32. The molecule has 0 aliphatic carbocycles. The summed E-state index contributed by atoms with van der Waals surface area (Å²) < 4.78 is 52.1. The van der Waals surface area contributed by atoms with E-state index in [9.17, 15) is 17.8 Å². The average molecular weight is 408 g/mol. The number of halogens is 2. The van der Waals surface area contributed by atoms with Gasteiger partial charge in [0.15, 0.2) is 11.6 Å². The van der Waals surface area contributed by atoms with Crippen LogP contribution in [0.25, 0.3) is 6.08 Å². The van der Waals surface area contributed by atoms with Gasteiger partial charge in [0, 0.05) is 36.6 Å². The van der Waals surface area contributed by atoms with Crippen molar-refractivity contribution in [3.63, 3.8) is 0 Å². The van der Waals surface area contributed by atoms with E-state index in [0.717, 1.165) is 12.1 Å². The molecular formula is C19H22F2N4O2S. The number of aromatic nitrogens is 1. The topological polar surface area (TPSA) is 87.0 Å². The van der Waals surface area contributed by atoms with Gasteiger partial charge in [0.2, 0.25) is 0 Å². The van der Waals surface area contributed by atoms with Crippen molar-refractivity contribution in [1.29, 1.82) is 4.78 Å². The Labute approximate surface area is 162 Å². The van der Waals surface area contributed by atoms with Crippen molar-refractivity contribution < 1.29 is 17.8 Å². The number of hydrogen-bond donors (Lipinski definition) is 3. The number of aryl methyl sites for hydroxylation is 1. The first-order valence-electron chi connectivity index (χ1n) is 8.78. The van der Waals surface area contributed by atoms with Crippen LogP contribution in [0.2, 0.25) is 0 Å². The van der Waals surface area contributed by atoms with E-state index in [-0.39, 0.29) is 22.3 Å². The van der Waals surface area contributed by atoms with Crippen molar-refractivity contribution in [3.8, 4) is 0 Å². The first kappa shape index (κ1) is 20.2. The van der Waals surface area contributed by atoms with Crippen LogP contribution in [0.15, 0.2) is 35.4 Å². The molecular weight excluding hydrogens is 386 g/mol. The van der Waals surface area contributed by atoms with Gasteiger partial charge in [-0.25, -0.2) is 22.5 Å². The highest BCUT2D eigenvalue weighted by molar-refractivity contribution is 7.90. The van der Waals surface area contributed by atoms with Gasteiger partial charge < -0.3 is 9.88 Å². The Bertz CT molecular complexity index is 1060. The Kier molecular flexibility index (Phi) is 5.40. The zero-order chi connectivity index (χ0) is 20.6. The van der Waals surface area contributed by atoms with Crippen LogP contribution in [-0.4, -0.2) is 20.7 Å². The lowest BCUT2D eigenvalue weighted by atomic mass is 10.0. The first-order chi connectivity index (χ1) is 13.1. The third-order valence-corrected chi connectivity index (χ3v) is 6.00. The fourth-order valence-electron chi connectivity index (χ4n) is 3.22. The van der Waals surface area contributed by atoms with E-state index in [4.69, 9.17) is 4.78 Å². The quantitative estimate of drug-likeness (QED) is 0.716. The molecule has 28 heavy (non-hydrogen) atoms. The second-order valence-electron chi connectivity index (χ2n) is 7.22. The van der Waals surface area contributed by atoms with Crippen LogP contribution >= 0.6 is 0 Å². The van der Waals surface area contributed by atoms with E-state index in [1.807, 2.05) is 13.8 Å². The SMILES string of the molecule is CC(C)C[C@@H]1C=Cc2c(cn(C)c2C(=O)Nc2ccc(F)c(F)c2)S(=N)(=O)N1. The predicted octanol–water partition coefficient (Wildman–Crippen LogP) is 3.91. The van der Waals surface area contributed by atoms with E-state index in [0.29, 0.717) is 17.9 Å². The number of nitrogens with one attached hydrogen (secondary N) is 3. The van der Waals surface area contributed by atoms with Crippen molar-refractivity contribution in [2.24, 2.45) is 13.0 Å². The number of hydrogen-bond acceptors (Lipinski definition) is 3. The van der Waals surface area contributed by atoms with Gasteiger partial charge >= 0.3 is 0 Å². The van der Waals surface area contributed by atoms with E-state index in [1.54, 1.807) is 19.2 Å². The van der Waals surface area contributed by atoms with Crippen LogP contribution in [0.1, 0.15) is 36.3 Å². The summed E-state index contributed by atoms with van der Waals surface area (Å²) >= 11 is 0. The zero-order valence-electron chi connectivity index (χ0n) is 15.8. The number of rotatable bonds is 4. The Morgan fingerprint density at radius 2 is 2.07 bits per heavy atom. The Morgan fingerprint density at radius 3 is 2.71 bits per heavy atom. The van der Waals surface area contributed by atoms with Crippen molar-refractivity contribution >= 4 is 27.6 Å². The summed E-state index contributed by atoms with van der Waals surface area (Å²) in [6.07, 6.45) is 5.67. The predicted molar refractivity (Wildman–Crippen MR) is 104 cm³/mol.